The van der Waals surface area contributed by atoms with Crippen LogP contribution in [0.3, 0.4) is 0 Å². The minimum Gasteiger partial charge on any atom is -0.332 e. The van der Waals surface area contributed by atoms with Crippen molar-refractivity contribution >= 4 is 6.03 Å². The Kier molecular flexibility index (Phi) is 3.61. The Balaban J connectivity index is 1.44. The summed E-state index contributed by atoms with van der Waals surface area (Å²) < 4.78 is 14.3. The van der Waals surface area contributed by atoms with Crippen LogP contribution in [0.5, 0.6) is 0 Å². The highest BCUT2D eigenvalue weighted by molar-refractivity contribution is 5.77. The molecule has 3 atom stereocenters. The molecule has 3 heterocycles. The van der Waals surface area contributed by atoms with Crippen LogP contribution in [0.15, 0.2) is 36.7 Å². The number of nitrogens with one attached hydrogen (secondary N) is 1. The van der Waals surface area contributed by atoms with E-state index in [4.69, 9.17) is 0 Å². The number of carbonyl (C=O) groups is 1. The van der Waals surface area contributed by atoms with Gasteiger partial charge in [-0.15, -0.1) is 0 Å². The van der Waals surface area contributed by atoms with Crippen molar-refractivity contribution in [2.45, 2.75) is 18.9 Å². The summed E-state index contributed by atoms with van der Waals surface area (Å²) in [5.74, 6) is 0.433. The number of amides is 1. The van der Waals surface area contributed by atoms with Crippen LogP contribution in [-0.2, 0) is 0 Å². The van der Waals surface area contributed by atoms with E-state index in [0.29, 0.717) is 5.92 Å². The third-order valence-corrected chi connectivity index (χ3v) is 4.76. The topological polar surface area (TPSA) is 50.2 Å². The normalized spacial score (nSPS) is 26.2. The number of benzene rings is 1. The van der Waals surface area contributed by atoms with Crippen molar-refractivity contribution in [2.24, 2.45) is 5.92 Å². The van der Waals surface area contributed by atoms with Gasteiger partial charge in [-0.25, -0.2) is 9.18 Å². The van der Waals surface area contributed by atoms with E-state index in [-0.39, 0.29) is 17.9 Å². The first-order valence-electron chi connectivity index (χ1n) is 8.01. The molecule has 2 fully saturated rings. The number of halogens is 1. The van der Waals surface area contributed by atoms with Crippen molar-refractivity contribution in [3.05, 3.63) is 42.5 Å². The van der Waals surface area contributed by atoms with Crippen molar-refractivity contribution < 1.29 is 9.18 Å². The lowest BCUT2D eigenvalue weighted by molar-refractivity contribution is 0.204. The van der Waals surface area contributed by atoms with Crippen LogP contribution in [0.25, 0.3) is 11.1 Å². The molecule has 0 aliphatic carbocycles. The highest BCUT2D eigenvalue weighted by atomic mass is 19.1. The lowest BCUT2D eigenvalue weighted by Crippen LogP contribution is -2.48. The number of piperidine rings is 1. The average Bonchev–Trinajstić information content (AvgIpc) is 3.15. The largest absolute Gasteiger partial charge is 0.342 e. The molecule has 1 N–H and O–H groups in total. The van der Waals surface area contributed by atoms with Gasteiger partial charge in [0.1, 0.15) is 5.82 Å². The van der Waals surface area contributed by atoms with Gasteiger partial charge in [-0.05, 0) is 43.0 Å². The van der Waals surface area contributed by atoms with Crippen molar-refractivity contribution in [2.75, 3.05) is 19.6 Å². The fourth-order valence-electron chi connectivity index (χ4n) is 3.63. The lowest BCUT2D eigenvalue weighted by atomic mass is 9.97. The SMILES string of the molecule is O=C(N[C@@H]1C[C@H]2CCN(C2)C1)n1cc(-c2ccc(F)cc2)cn1. The van der Waals surface area contributed by atoms with Crippen molar-refractivity contribution in [3.8, 4) is 11.1 Å². The molecule has 23 heavy (non-hydrogen) atoms. The van der Waals surface area contributed by atoms with Gasteiger partial charge in [0.05, 0.1) is 6.20 Å². The van der Waals surface area contributed by atoms with Crippen LogP contribution < -0.4 is 5.32 Å². The Morgan fingerprint density at radius 3 is 2.83 bits per heavy atom. The number of hydrogen-bond donors (Lipinski definition) is 1. The lowest BCUT2D eigenvalue weighted by Gasteiger charge is -2.30. The molecular formula is C17H19FN4O. The average molecular weight is 314 g/mol. The summed E-state index contributed by atoms with van der Waals surface area (Å²) >= 11 is 0. The number of aromatic nitrogens is 2. The molecule has 1 unspecified atom stereocenters. The van der Waals surface area contributed by atoms with Gasteiger partial charge in [0.2, 0.25) is 0 Å². The second-order valence-corrected chi connectivity index (χ2v) is 6.48. The zero-order valence-electron chi connectivity index (χ0n) is 12.8. The van der Waals surface area contributed by atoms with Gasteiger partial charge in [0, 0.05) is 30.9 Å². The number of hydrogen-bond acceptors (Lipinski definition) is 3. The Morgan fingerprint density at radius 2 is 2.04 bits per heavy atom. The maximum Gasteiger partial charge on any atom is 0.342 e. The summed E-state index contributed by atoms with van der Waals surface area (Å²) in [6, 6.07) is 6.16. The molecule has 2 bridgehead atoms. The first-order chi connectivity index (χ1) is 11.2. The van der Waals surface area contributed by atoms with E-state index in [1.165, 1.54) is 29.8 Å². The van der Waals surface area contributed by atoms with Crippen LogP contribution in [0, 0.1) is 11.7 Å². The third-order valence-electron chi connectivity index (χ3n) is 4.76. The van der Waals surface area contributed by atoms with Crippen LogP contribution in [-0.4, -0.2) is 46.4 Å². The van der Waals surface area contributed by atoms with Gasteiger partial charge < -0.3 is 10.2 Å². The molecule has 2 aromatic rings. The second kappa shape index (κ2) is 5.77. The smallest absolute Gasteiger partial charge is 0.332 e. The Morgan fingerprint density at radius 1 is 1.22 bits per heavy atom. The molecule has 5 nitrogen and oxygen atoms in total. The maximum atomic E-state index is 13.0. The molecular weight excluding hydrogens is 295 g/mol. The van der Waals surface area contributed by atoms with Gasteiger partial charge >= 0.3 is 6.03 Å². The fourth-order valence-corrected chi connectivity index (χ4v) is 3.63. The summed E-state index contributed by atoms with van der Waals surface area (Å²) in [7, 11) is 0. The molecule has 6 heteroatoms. The quantitative estimate of drug-likeness (QED) is 0.925. The van der Waals surface area contributed by atoms with Crippen molar-refractivity contribution in [1.29, 1.82) is 0 Å². The maximum absolute atomic E-state index is 13.0. The Bertz CT molecular complexity index is 700. The minimum absolute atomic E-state index is 0.197. The summed E-state index contributed by atoms with van der Waals surface area (Å²) in [5.41, 5.74) is 1.64. The van der Waals surface area contributed by atoms with Crippen LogP contribution in [0.1, 0.15) is 12.8 Å². The van der Waals surface area contributed by atoms with Gasteiger partial charge in [-0.3, -0.25) is 0 Å². The zero-order valence-corrected chi connectivity index (χ0v) is 12.8. The van der Waals surface area contributed by atoms with E-state index < -0.39 is 0 Å². The highest BCUT2D eigenvalue weighted by Gasteiger charge is 2.33. The van der Waals surface area contributed by atoms with E-state index in [0.717, 1.165) is 30.6 Å². The van der Waals surface area contributed by atoms with E-state index in [2.05, 4.69) is 15.3 Å². The number of fused-ring (bicyclic) bond motifs is 2. The van der Waals surface area contributed by atoms with Crippen LogP contribution in [0.4, 0.5) is 9.18 Å². The van der Waals surface area contributed by atoms with Gasteiger partial charge in [0.15, 0.2) is 0 Å². The number of carbonyl (C=O) groups excluding carboxylic acids is 1. The minimum atomic E-state index is -0.277. The monoisotopic (exact) mass is 314 g/mol. The molecule has 120 valence electrons. The fraction of sp³-hybridized carbons (Fsp3) is 0.412. The first kappa shape index (κ1) is 14.4. The molecule has 1 amide bonds. The third kappa shape index (κ3) is 2.99. The summed E-state index contributed by atoms with van der Waals surface area (Å²) in [4.78, 5) is 14.8. The molecule has 2 aliphatic rings. The Hall–Kier alpha value is -2.21. The molecule has 1 aromatic heterocycles. The molecule has 1 aromatic carbocycles. The summed E-state index contributed by atoms with van der Waals surface area (Å²) in [6.45, 7) is 3.24. The van der Waals surface area contributed by atoms with E-state index in [1.54, 1.807) is 24.5 Å². The van der Waals surface area contributed by atoms with E-state index in [9.17, 15) is 9.18 Å². The molecule has 2 saturated heterocycles. The van der Waals surface area contributed by atoms with Crippen LogP contribution in [0.2, 0.25) is 0 Å². The molecule has 0 spiro atoms. The number of nitrogens with zero attached hydrogens (tertiary/aromatic N) is 3. The van der Waals surface area contributed by atoms with E-state index in [1.807, 2.05) is 0 Å². The second-order valence-electron chi connectivity index (χ2n) is 6.48. The molecule has 4 rings (SSSR count). The zero-order chi connectivity index (χ0) is 15.8. The van der Waals surface area contributed by atoms with Gasteiger partial charge in [0.25, 0.3) is 0 Å². The molecule has 0 saturated carbocycles. The standard InChI is InChI=1S/C17H19FN4O/c18-15-3-1-13(2-4-15)14-8-19-22(10-14)17(23)20-16-7-12-5-6-21(9-12)11-16/h1-4,8,10,12,16H,5-7,9,11H2,(H,20,23)/t12-,16-/m1/s1. The summed E-state index contributed by atoms with van der Waals surface area (Å²) in [6.07, 6.45) is 5.60. The molecule has 2 aliphatic heterocycles. The first-order valence-corrected chi connectivity index (χ1v) is 8.01. The summed E-state index contributed by atoms with van der Waals surface area (Å²) in [5, 5.41) is 7.20. The van der Waals surface area contributed by atoms with Crippen molar-refractivity contribution in [1.82, 2.24) is 20.0 Å². The Labute approximate surface area is 134 Å². The predicted molar refractivity (Wildman–Crippen MR) is 84.5 cm³/mol. The highest BCUT2D eigenvalue weighted by Crippen LogP contribution is 2.26. The molecule has 0 radical (unpaired) electrons. The van der Waals surface area contributed by atoms with Crippen LogP contribution >= 0.6 is 0 Å². The number of rotatable bonds is 2. The predicted octanol–water partition coefficient (Wildman–Crippen LogP) is 2.34. The van der Waals surface area contributed by atoms with Gasteiger partial charge in [-0.1, -0.05) is 12.1 Å². The van der Waals surface area contributed by atoms with Crippen molar-refractivity contribution in [3.63, 3.8) is 0 Å². The van der Waals surface area contributed by atoms with Gasteiger partial charge in [-0.2, -0.15) is 9.78 Å². The van der Waals surface area contributed by atoms with E-state index >= 15 is 0 Å².